The smallest absolute Gasteiger partial charge is 0.270 e. The largest absolute Gasteiger partial charge is 0.380 e. The van der Waals surface area contributed by atoms with E-state index in [1.165, 1.54) is 0 Å². The van der Waals surface area contributed by atoms with Crippen LogP contribution in [0, 0.1) is 0 Å². The van der Waals surface area contributed by atoms with Gasteiger partial charge in [0.05, 0.1) is 12.1 Å². The number of pyridine rings is 1. The van der Waals surface area contributed by atoms with E-state index in [9.17, 15) is 4.79 Å². The highest BCUT2D eigenvalue weighted by molar-refractivity contribution is 5.94. The number of nitrogens with zero attached hydrogens (tertiary/aromatic N) is 1. The molecule has 0 atom stereocenters. The number of aromatic nitrogens is 1. The molecule has 0 bridgehead atoms. The minimum atomic E-state index is -0.178. The van der Waals surface area contributed by atoms with Gasteiger partial charge in [-0.25, -0.2) is 4.98 Å². The number of amides is 1. The summed E-state index contributed by atoms with van der Waals surface area (Å²) in [6, 6.07) is 19.3. The lowest BCUT2D eigenvalue weighted by molar-refractivity contribution is 0.0946. The number of benzene rings is 2. The summed E-state index contributed by atoms with van der Waals surface area (Å²) in [5.41, 5.74) is 3.36. The zero-order chi connectivity index (χ0) is 16.1. The molecule has 1 aromatic heterocycles. The third-order valence-electron chi connectivity index (χ3n) is 3.69. The lowest BCUT2D eigenvalue weighted by atomic mass is 10.1. The van der Waals surface area contributed by atoms with Crippen molar-refractivity contribution in [3.8, 4) is 0 Å². The van der Waals surface area contributed by atoms with Gasteiger partial charge in [-0.2, -0.15) is 0 Å². The van der Waals surface area contributed by atoms with Crippen LogP contribution in [0.2, 0.25) is 0 Å². The summed E-state index contributed by atoms with van der Waals surface area (Å²) in [6.07, 6.45) is 0. The van der Waals surface area contributed by atoms with Crippen molar-refractivity contribution < 1.29 is 9.53 Å². The van der Waals surface area contributed by atoms with E-state index in [0.717, 1.165) is 22.0 Å². The molecule has 1 amide bonds. The fourth-order valence-electron chi connectivity index (χ4n) is 2.48. The molecule has 0 aliphatic carbocycles. The van der Waals surface area contributed by atoms with E-state index in [2.05, 4.69) is 10.3 Å². The molecule has 0 fully saturated rings. The molecule has 0 spiro atoms. The van der Waals surface area contributed by atoms with E-state index in [0.29, 0.717) is 18.8 Å². The van der Waals surface area contributed by atoms with Crippen LogP contribution in [0.15, 0.2) is 60.7 Å². The van der Waals surface area contributed by atoms with Gasteiger partial charge in [0.15, 0.2) is 0 Å². The van der Waals surface area contributed by atoms with Crippen molar-refractivity contribution in [1.29, 1.82) is 0 Å². The maximum absolute atomic E-state index is 12.3. The molecule has 4 nitrogen and oxygen atoms in total. The summed E-state index contributed by atoms with van der Waals surface area (Å²) >= 11 is 0. The van der Waals surface area contributed by atoms with Crippen molar-refractivity contribution in [3.05, 3.63) is 77.5 Å². The van der Waals surface area contributed by atoms with Crippen LogP contribution in [-0.2, 0) is 17.9 Å². The number of carbonyl (C=O) groups is 1. The van der Waals surface area contributed by atoms with Gasteiger partial charge >= 0.3 is 0 Å². The zero-order valence-corrected chi connectivity index (χ0v) is 13.0. The second-order valence-electron chi connectivity index (χ2n) is 5.27. The minimum Gasteiger partial charge on any atom is -0.380 e. The Morgan fingerprint density at radius 1 is 1.00 bits per heavy atom. The fourth-order valence-corrected chi connectivity index (χ4v) is 2.48. The number of para-hydroxylation sites is 1. The number of rotatable bonds is 5. The first kappa shape index (κ1) is 15.2. The Morgan fingerprint density at radius 2 is 1.74 bits per heavy atom. The van der Waals surface area contributed by atoms with Crippen LogP contribution in [0.3, 0.4) is 0 Å². The van der Waals surface area contributed by atoms with Crippen LogP contribution >= 0.6 is 0 Å². The van der Waals surface area contributed by atoms with Crippen LogP contribution in [-0.4, -0.2) is 18.0 Å². The van der Waals surface area contributed by atoms with Gasteiger partial charge in [-0.1, -0.05) is 48.5 Å². The van der Waals surface area contributed by atoms with Gasteiger partial charge in [0.1, 0.15) is 5.69 Å². The van der Waals surface area contributed by atoms with Gasteiger partial charge in [-0.05, 0) is 23.3 Å². The predicted octanol–water partition coefficient (Wildman–Crippen LogP) is 3.31. The number of fused-ring (bicyclic) bond motifs is 1. The van der Waals surface area contributed by atoms with E-state index in [1.807, 2.05) is 54.6 Å². The van der Waals surface area contributed by atoms with E-state index < -0.39 is 0 Å². The Balaban J connectivity index is 1.73. The SMILES string of the molecule is COCc1ccccc1CNC(=O)c1ccc2ccccc2n1. The van der Waals surface area contributed by atoms with Gasteiger partial charge in [0, 0.05) is 19.0 Å². The molecule has 2 aromatic carbocycles. The lowest BCUT2D eigenvalue weighted by Gasteiger charge is -2.10. The highest BCUT2D eigenvalue weighted by Gasteiger charge is 2.09. The molecular weight excluding hydrogens is 288 g/mol. The Kier molecular flexibility index (Phi) is 4.64. The summed E-state index contributed by atoms with van der Waals surface area (Å²) in [4.78, 5) is 16.7. The molecule has 0 unspecified atom stereocenters. The molecular formula is C19H18N2O2. The molecule has 0 aliphatic heterocycles. The molecule has 1 N–H and O–H groups in total. The quantitative estimate of drug-likeness (QED) is 0.787. The Bertz CT molecular complexity index is 830. The van der Waals surface area contributed by atoms with Crippen molar-refractivity contribution in [2.24, 2.45) is 0 Å². The molecule has 3 aromatic rings. The van der Waals surface area contributed by atoms with Crippen molar-refractivity contribution in [3.63, 3.8) is 0 Å². The summed E-state index contributed by atoms with van der Waals surface area (Å²) in [5, 5.41) is 3.94. The third kappa shape index (κ3) is 3.55. The molecule has 23 heavy (non-hydrogen) atoms. The van der Waals surface area contributed by atoms with Crippen molar-refractivity contribution in [2.75, 3.05) is 7.11 Å². The Hall–Kier alpha value is -2.72. The number of hydrogen-bond donors (Lipinski definition) is 1. The first-order chi connectivity index (χ1) is 11.3. The molecule has 1 heterocycles. The van der Waals surface area contributed by atoms with E-state index in [1.54, 1.807) is 13.2 Å². The summed E-state index contributed by atoms with van der Waals surface area (Å²) in [7, 11) is 1.66. The van der Waals surface area contributed by atoms with Crippen LogP contribution in [0.5, 0.6) is 0 Å². The highest BCUT2D eigenvalue weighted by Crippen LogP contribution is 2.13. The lowest BCUT2D eigenvalue weighted by Crippen LogP contribution is -2.24. The van der Waals surface area contributed by atoms with Crippen molar-refractivity contribution >= 4 is 16.8 Å². The number of nitrogens with one attached hydrogen (secondary N) is 1. The summed E-state index contributed by atoms with van der Waals surface area (Å²) in [5.74, 6) is -0.178. The maximum atomic E-state index is 12.3. The molecule has 116 valence electrons. The van der Waals surface area contributed by atoms with Crippen molar-refractivity contribution in [2.45, 2.75) is 13.2 Å². The average Bonchev–Trinajstić information content (AvgIpc) is 2.60. The predicted molar refractivity (Wildman–Crippen MR) is 90.1 cm³/mol. The maximum Gasteiger partial charge on any atom is 0.270 e. The molecule has 4 heteroatoms. The molecule has 3 rings (SSSR count). The first-order valence-corrected chi connectivity index (χ1v) is 7.47. The zero-order valence-electron chi connectivity index (χ0n) is 13.0. The van der Waals surface area contributed by atoms with E-state index in [-0.39, 0.29) is 5.91 Å². The number of ether oxygens (including phenoxy) is 1. The van der Waals surface area contributed by atoms with Gasteiger partial charge in [-0.3, -0.25) is 4.79 Å². The summed E-state index contributed by atoms with van der Waals surface area (Å²) in [6.45, 7) is 0.979. The monoisotopic (exact) mass is 306 g/mol. The number of methoxy groups -OCH3 is 1. The topological polar surface area (TPSA) is 51.2 Å². The minimum absolute atomic E-state index is 0.178. The van der Waals surface area contributed by atoms with Crippen LogP contribution in [0.1, 0.15) is 21.6 Å². The second kappa shape index (κ2) is 7.03. The third-order valence-corrected chi connectivity index (χ3v) is 3.69. The normalized spacial score (nSPS) is 10.7. The molecule has 0 saturated carbocycles. The first-order valence-electron chi connectivity index (χ1n) is 7.47. The summed E-state index contributed by atoms with van der Waals surface area (Å²) < 4.78 is 5.18. The van der Waals surface area contributed by atoms with Crippen LogP contribution < -0.4 is 5.32 Å². The standard InChI is InChI=1S/C19H18N2O2/c1-23-13-16-8-3-2-7-15(16)12-20-19(22)18-11-10-14-6-4-5-9-17(14)21-18/h2-11H,12-13H2,1H3,(H,20,22). The number of hydrogen-bond acceptors (Lipinski definition) is 3. The van der Waals surface area contributed by atoms with Gasteiger partial charge < -0.3 is 10.1 Å². The van der Waals surface area contributed by atoms with E-state index in [4.69, 9.17) is 4.74 Å². The van der Waals surface area contributed by atoms with Gasteiger partial charge in [0.2, 0.25) is 0 Å². The Morgan fingerprint density at radius 3 is 2.57 bits per heavy atom. The van der Waals surface area contributed by atoms with Gasteiger partial charge in [0.25, 0.3) is 5.91 Å². The highest BCUT2D eigenvalue weighted by atomic mass is 16.5. The van der Waals surface area contributed by atoms with Gasteiger partial charge in [-0.15, -0.1) is 0 Å². The van der Waals surface area contributed by atoms with Crippen molar-refractivity contribution in [1.82, 2.24) is 10.3 Å². The number of carbonyl (C=O) groups excluding carboxylic acids is 1. The molecule has 0 aliphatic rings. The molecule has 0 saturated heterocycles. The van der Waals surface area contributed by atoms with Crippen LogP contribution in [0.25, 0.3) is 10.9 Å². The fraction of sp³-hybridized carbons (Fsp3) is 0.158. The average molecular weight is 306 g/mol. The second-order valence-corrected chi connectivity index (χ2v) is 5.27. The molecule has 0 radical (unpaired) electrons. The Labute approximate surface area is 135 Å². The van der Waals surface area contributed by atoms with Crippen LogP contribution in [0.4, 0.5) is 0 Å². The van der Waals surface area contributed by atoms with E-state index >= 15 is 0 Å².